The lowest BCUT2D eigenvalue weighted by molar-refractivity contribution is 0.525. The van der Waals surface area contributed by atoms with Crippen molar-refractivity contribution >= 4 is 0 Å². The van der Waals surface area contributed by atoms with Crippen LogP contribution in [0.5, 0.6) is 0 Å². The quantitative estimate of drug-likeness (QED) is 0.492. The van der Waals surface area contributed by atoms with Crippen LogP contribution in [-0.4, -0.2) is 0 Å². The molecule has 0 aromatic heterocycles. The lowest BCUT2D eigenvalue weighted by atomic mass is 9.90. The molecule has 19 heavy (non-hydrogen) atoms. The molecule has 1 aromatic rings. The number of allylic oxidation sites excluding steroid dienone is 1. The van der Waals surface area contributed by atoms with E-state index in [1.165, 1.54) is 30.9 Å². The standard InChI is InChI=1S/C16H23FN2/c1-12-9-10-15(17)14(11-12)16(19-18)13-7-5-3-2-4-6-8-13/h7,9-11,16,19H,2-6,8,18H2,1H3/b13-7+. The Morgan fingerprint density at radius 1 is 1.21 bits per heavy atom. The highest BCUT2D eigenvalue weighted by atomic mass is 19.1. The molecule has 0 saturated heterocycles. The number of hydrogen-bond acceptors (Lipinski definition) is 2. The van der Waals surface area contributed by atoms with Crippen LogP contribution < -0.4 is 11.3 Å². The first-order valence-electron chi connectivity index (χ1n) is 7.13. The highest BCUT2D eigenvalue weighted by Gasteiger charge is 2.19. The smallest absolute Gasteiger partial charge is 0.128 e. The molecule has 1 aliphatic carbocycles. The second-order valence-electron chi connectivity index (χ2n) is 5.36. The van der Waals surface area contributed by atoms with Gasteiger partial charge in [0.2, 0.25) is 0 Å². The molecule has 2 rings (SSSR count). The zero-order valence-corrected chi connectivity index (χ0v) is 11.6. The Kier molecular flexibility index (Phi) is 5.11. The maximum absolute atomic E-state index is 14.0. The third kappa shape index (κ3) is 3.64. The van der Waals surface area contributed by atoms with Crippen LogP contribution in [0, 0.1) is 12.7 Å². The van der Waals surface area contributed by atoms with Gasteiger partial charge < -0.3 is 0 Å². The normalized spacial score (nSPS) is 21.1. The number of hydrogen-bond donors (Lipinski definition) is 2. The molecule has 1 atom stereocenters. The van der Waals surface area contributed by atoms with Crippen LogP contribution in [0.3, 0.4) is 0 Å². The van der Waals surface area contributed by atoms with Crippen LogP contribution in [0.1, 0.15) is 55.7 Å². The summed E-state index contributed by atoms with van der Waals surface area (Å²) in [5, 5.41) is 0. The third-order valence-electron chi connectivity index (χ3n) is 3.83. The summed E-state index contributed by atoms with van der Waals surface area (Å²) in [5.41, 5.74) is 5.74. The van der Waals surface area contributed by atoms with E-state index in [2.05, 4.69) is 11.5 Å². The summed E-state index contributed by atoms with van der Waals surface area (Å²) in [6.07, 6.45) is 9.25. The number of halogens is 1. The van der Waals surface area contributed by atoms with Crippen molar-refractivity contribution in [2.75, 3.05) is 0 Å². The van der Waals surface area contributed by atoms with Crippen molar-refractivity contribution < 1.29 is 4.39 Å². The molecule has 0 spiro atoms. The third-order valence-corrected chi connectivity index (χ3v) is 3.83. The lowest BCUT2D eigenvalue weighted by Gasteiger charge is -2.22. The summed E-state index contributed by atoms with van der Waals surface area (Å²) < 4.78 is 14.0. The van der Waals surface area contributed by atoms with Gasteiger partial charge in [-0.3, -0.25) is 5.84 Å². The van der Waals surface area contributed by atoms with Crippen LogP contribution in [0.15, 0.2) is 29.8 Å². The predicted octanol–water partition coefficient (Wildman–Crippen LogP) is 3.92. The average molecular weight is 262 g/mol. The molecule has 1 aromatic carbocycles. The minimum atomic E-state index is -0.196. The van der Waals surface area contributed by atoms with E-state index in [4.69, 9.17) is 5.84 Å². The van der Waals surface area contributed by atoms with Gasteiger partial charge in [0.1, 0.15) is 5.82 Å². The van der Waals surface area contributed by atoms with Crippen LogP contribution in [0.2, 0.25) is 0 Å². The topological polar surface area (TPSA) is 38.0 Å². The number of aryl methyl sites for hydroxylation is 1. The highest BCUT2D eigenvalue weighted by Crippen LogP contribution is 2.30. The molecule has 3 heteroatoms. The molecule has 0 aliphatic heterocycles. The Balaban J connectivity index is 2.29. The van der Waals surface area contributed by atoms with Crippen molar-refractivity contribution in [2.45, 2.75) is 51.5 Å². The molecule has 0 fully saturated rings. The second-order valence-corrected chi connectivity index (χ2v) is 5.36. The van der Waals surface area contributed by atoms with E-state index >= 15 is 0 Å². The molecular formula is C16H23FN2. The van der Waals surface area contributed by atoms with E-state index in [0.717, 1.165) is 24.8 Å². The highest BCUT2D eigenvalue weighted by molar-refractivity contribution is 5.32. The van der Waals surface area contributed by atoms with Crippen LogP contribution in [0.4, 0.5) is 4.39 Å². The maximum Gasteiger partial charge on any atom is 0.128 e. The van der Waals surface area contributed by atoms with Gasteiger partial charge in [0, 0.05) is 5.56 Å². The first-order valence-corrected chi connectivity index (χ1v) is 7.13. The van der Waals surface area contributed by atoms with Crippen molar-refractivity contribution in [1.82, 2.24) is 5.43 Å². The molecule has 2 nitrogen and oxygen atoms in total. The van der Waals surface area contributed by atoms with Gasteiger partial charge in [0.25, 0.3) is 0 Å². The first kappa shape index (κ1) is 14.2. The predicted molar refractivity (Wildman–Crippen MR) is 77.0 cm³/mol. The zero-order valence-electron chi connectivity index (χ0n) is 11.6. The molecule has 1 unspecified atom stereocenters. The van der Waals surface area contributed by atoms with E-state index in [1.807, 2.05) is 13.0 Å². The Morgan fingerprint density at radius 2 is 2.00 bits per heavy atom. The number of hydrazine groups is 1. The summed E-state index contributed by atoms with van der Waals surface area (Å²) in [4.78, 5) is 0. The van der Waals surface area contributed by atoms with E-state index in [9.17, 15) is 4.39 Å². The van der Waals surface area contributed by atoms with E-state index < -0.39 is 0 Å². The zero-order chi connectivity index (χ0) is 13.7. The fourth-order valence-corrected chi connectivity index (χ4v) is 2.76. The average Bonchev–Trinajstić information content (AvgIpc) is 2.36. The molecule has 104 valence electrons. The van der Waals surface area contributed by atoms with Crippen molar-refractivity contribution in [3.8, 4) is 0 Å². The molecular weight excluding hydrogens is 239 g/mol. The first-order chi connectivity index (χ1) is 9.22. The van der Waals surface area contributed by atoms with Crippen LogP contribution in [-0.2, 0) is 0 Å². The van der Waals surface area contributed by atoms with E-state index in [1.54, 1.807) is 6.07 Å². The SMILES string of the molecule is Cc1ccc(F)c(C(NN)/C2=C/CCCCCC2)c1. The van der Waals surface area contributed by atoms with Gasteiger partial charge in [-0.05, 0) is 38.7 Å². The lowest BCUT2D eigenvalue weighted by Crippen LogP contribution is -2.30. The van der Waals surface area contributed by atoms with Gasteiger partial charge in [0.05, 0.1) is 6.04 Å². The Hall–Kier alpha value is -1.19. The summed E-state index contributed by atoms with van der Waals surface area (Å²) in [6.45, 7) is 1.98. The van der Waals surface area contributed by atoms with Crippen molar-refractivity contribution in [1.29, 1.82) is 0 Å². The number of benzene rings is 1. The fraction of sp³-hybridized carbons (Fsp3) is 0.500. The van der Waals surface area contributed by atoms with Crippen LogP contribution >= 0.6 is 0 Å². The summed E-state index contributed by atoms with van der Waals surface area (Å²) in [6, 6.07) is 5.01. The van der Waals surface area contributed by atoms with E-state index in [-0.39, 0.29) is 11.9 Å². The molecule has 0 radical (unpaired) electrons. The molecule has 3 N–H and O–H groups in total. The number of nitrogens with one attached hydrogen (secondary N) is 1. The summed E-state index contributed by atoms with van der Waals surface area (Å²) >= 11 is 0. The molecule has 0 saturated carbocycles. The summed E-state index contributed by atoms with van der Waals surface area (Å²) in [5.74, 6) is 5.50. The van der Waals surface area contributed by atoms with Crippen molar-refractivity contribution in [3.05, 3.63) is 46.8 Å². The van der Waals surface area contributed by atoms with Crippen molar-refractivity contribution in [3.63, 3.8) is 0 Å². The fourth-order valence-electron chi connectivity index (χ4n) is 2.76. The monoisotopic (exact) mass is 262 g/mol. The van der Waals surface area contributed by atoms with E-state index in [0.29, 0.717) is 5.56 Å². The van der Waals surface area contributed by atoms with Gasteiger partial charge in [0.15, 0.2) is 0 Å². The Labute approximate surface area is 114 Å². The van der Waals surface area contributed by atoms with Gasteiger partial charge >= 0.3 is 0 Å². The minimum Gasteiger partial charge on any atom is -0.271 e. The van der Waals surface area contributed by atoms with Gasteiger partial charge in [-0.25, -0.2) is 9.82 Å². The minimum absolute atomic E-state index is 0.184. The maximum atomic E-state index is 14.0. The molecule has 1 aliphatic rings. The Morgan fingerprint density at radius 3 is 2.79 bits per heavy atom. The number of rotatable bonds is 3. The van der Waals surface area contributed by atoms with Gasteiger partial charge in [-0.15, -0.1) is 0 Å². The largest absolute Gasteiger partial charge is 0.271 e. The van der Waals surface area contributed by atoms with Gasteiger partial charge in [-0.1, -0.05) is 42.2 Å². The second kappa shape index (κ2) is 6.83. The molecule has 0 heterocycles. The van der Waals surface area contributed by atoms with Crippen LogP contribution in [0.25, 0.3) is 0 Å². The Bertz CT molecular complexity index is 454. The van der Waals surface area contributed by atoms with Gasteiger partial charge in [-0.2, -0.15) is 0 Å². The molecule has 0 amide bonds. The molecule has 0 bridgehead atoms. The number of nitrogens with two attached hydrogens (primary N) is 1. The summed E-state index contributed by atoms with van der Waals surface area (Å²) in [7, 11) is 0. The van der Waals surface area contributed by atoms with Crippen molar-refractivity contribution in [2.24, 2.45) is 5.84 Å².